The highest BCUT2D eigenvalue weighted by molar-refractivity contribution is 6.30. The van der Waals surface area contributed by atoms with E-state index in [4.69, 9.17) is 16.3 Å². The number of benzene rings is 3. The zero-order chi connectivity index (χ0) is 17.9. The Bertz CT molecular complexity index is 850. The molecule has 1 saturated heterocycles. The van der Waals surface area contributed by atoms with Gasteiger partial charge in [-0.2, -0.15) is 0 Å². The first kappa shape index (κ1) is 16.8. The molecule has 0 radical (unpaired) electrons. The van der Waals surface area contributed by atoms with Crippen LogP contribution in [0.1, 0.15) is 11.6 Å². The quantitative estimate of drug-likeness (QED) is 0.618. The lowest BCUT2D eigenvalue weighted by Crippen LogP contribution is -2.26. The summed E-state index contributed by atoms with van der Waals surface area (Å²) in [5, 5.41) is 0.766. The van der Waals surface area contributed by atoms with Crippen LogP contribution in [0.3, 0.4) is 0 Å². The van der Waals surface area contributed by atoms with E-state index in [1.807, 2.05) is 24.3 Å². The summed E-state index contributed by atoms with van der Waals surface area (Å²) in [6, 6.07) is 27.3. The Balaban J connectivity index is 1.68. The fourth-order valence-electron chi connectivity index (χ4n) is 3.48. The van der Waals surface area contributed by atoms with Gasteiger partial charge in [-0.3, -0.25) is 0 Å². The van der Waals surface area contributed by atoms with Crippen molar-refractivity contribution >= 4 is 23.0 Å². The Hall–Kier alpha value is -2.65. The van der Waals surface area contributed by atoms with Crippen LogP contribution < -0.4 is 14.5 Å². The zero-order valence-corrected chi connectivity index (χ0v) is 15.4. The Morgan fingerprint density at radius 2 is 1.54 bits per heavy atom. The minimum Gasteiger partial charge on any atom is -0.497 e. The number of para-hydroxylation sites is 1. The van der Waals surface area contributed by atoms with E-state index >= 15 is 0 Å². The number of rotatable bonds is 4. The van der Waals surface area contributed by atoms with Gasteiger partial charge >= 0.3 is 0 Å². The van der Waals surface area contributed by atoms with Crippen LogP contribution in [0.25, 0.3) is 0 Å². The lowest BCUT2D eigenvalue weighted by atomic mass is 10.1. The third kappa shape index (κ3) is 3.35. The summed E-state index contributed by atoms with van der Waals surface area (Å²) in [5.41, 5.74) is 3.69. The van der Waals surface area contributed by atoms with Crippen molar-refractivity contribution in [1.82, 2.24) is 0 Å². The van der Waals surface area contributed by atoms with Gasteiger partial charge in [0.05, 0.1) is 19.8 Å². The van der Waals surface area contributed by atoms with E-state index in [2.05, 4.69) is 64.4 Å². The van der Waals surface area contributed by atoms with Crippen molar-refractivity contribution < 1.29 is 4.74 Å². The number of nitrogens with zero attached hydrogens (tertiary/aromatic N) is 2. The van der Waals surface area contributed by atoms with Gasteiger partial charge in [-0.1, -0.05) is 41.9 Å². The number of anilines is 2. The average Bonchev–Trinajstić information content (AvgIpc) is 3.15. The van der Waals surface area contributed by atoms with Crippen molar-refractivity contribution in [1.29, 1.82) is 0 Å². The average molecular weight is 365 g/mol. The molecule has 4 rings (SSSR count). The first-order chi connectivity index (χ1) is 12.7. The fourth-order valence-corrected chi connectivity index (χ4v) is 3.60. The molecule has 4 heteroatoms. The van der Waals surface area contributed by atoms with E-state index in [9.17, 15) is 0 Å². The van der Waals surface area contributed by atoms with Crippen LogP contribution in [0.4, 0.5) is 11.4 Å². The summed E-state index contributed by atoms with van der Waals surface area (Å²) in [5.74, 6) is 0.871. The molecule has 1 atom stereocenters. The molecule has 1 unspecified atom stereocenters. The maximum Gasteiger partial charge on any atom is 0.119 e. The van der Waals surface area contributed by atoms with Gasteiger partial charge in [0.15, 0.2) is 0 Å². The Kier molecular flexibility index (Phi) is 4.72. The van der Waals surface area contributed by atoms with Crippen LogP contribution in [-0.4, -0.2) is 20.3 Å². The SMILES string of the molecule is COc1ccc(N2CN(c3ccccc3)CC2c2ccc(Cl)cc2)cc1. The summed E-state index contributed by atoms with van der Waals surface area (Å²) >= 11 is 6.09. The second-order valence-electron chi connectivity index (χ2n) is 6.43. The van der Waals surface area contributed by atoms with Gasteiger partial charge in [0.25, 0.3) is 0 Å². The van der Waals surface area contributed by atoms with Gasteiger partial charge in [-0.05, 0) is 54.1 Å². The van der Waals surface area contributed by atoms with Crippen LogP contribution in [-0.2, 0) is 0 Å². The van der Waals surface area contributed by atoms with Gasteiger partial charge in [-0.15, -0.1) is 0 Å². The highest BCUT2D eigenvalue weighted by atomic mass is 35.5. The molecule has 0 saturated carbocycles. The second-order valence-corrected chi connectivity index (χ2v) is 6.87. The fraction of sp³-hybridized carbons (Fsp3) is 0.182. The molecule has 0 N–H and O–H groups in total. The smallest absolute Gasteiger partial charge is 0.119 e. The first-order valence-corrected chi connectivity index (χ1v) is 9.08. The number of ether oxygens (including phenoxy) is 1. The molecule has 26 heavy (non-hydrogen) atoms. The van der Waals surface area contributed by atoms with E-state index < -0.39 is 0 Å². The van der Waals surface area contributed by atoms with Crippen molar-refractivity contribution in [3.05, 3.63) is 89.4 Å². The van der Waals surface area contributed by atoms with Gasteiger partial charge < -0.3 is 14.5 Å². The molecule has 0 bridgehead atoms. The van der Waals surface area contributed by atoms with Gasteiger partial charge in [0.2, 0.25) is 0 Å². The Labute approximate surface area is 159 Å². The maximum absolute atomic E-state index is 6.09. The molecular formula is C22H21ClN2O. The van der Waals surface area contributed by atoms with Crippen molar-refractivity contribution in [3.8, 4) is 5.75 Å². The first-order valence-electron chi connectivity index (χ1n) is 8.71. The van der Waals surface area contributed by atoms with Crippen molar-refractivity contribution in [3.63, 3.8) is 0 Å². The second kappa shape index (κ2) is 7.30. The number of halogens is 1. The third-order valence-electron chi connectivity index (χ3n) is 4.87. The molecule has 0 aliphatic carbocycles. The highest BCUT2D eigenvalue weighted by Gasteiger charge is 2.31. The van der Waals surface area contributed by atoms with Crippen LogP contribution in [0.5, 0.6) is 5.75 Å². The summed E-state index contributed by atoms with van der Waals surface area (Å²) < 4.78 is 5.30. The molecule has 1 fully saturated rings. The number of hydrogen-bond acceptors (Lipinski definition) is 3. The van der Waals surface area contributed by atoms with Crippen molar-refractivity contribution in [2.75, 3.05) is 30.1 Å². The normalized spacial score (nSPS) is 16.8. The topological polar surface area (TPSA) is 15.7 Å². The van der Waals surface area contributed by atoms with Crippen LogP contribution in [0.2, 0.25) is 5.02 Å². The van der Waals surface area contributed by atoms with Crippen LogP contribution in [0.15, 0.2) is 78.9 Å². The number of hydrogen-bond donors (Lipinski definition) is 0. The molecule has 0 amide bonds. The molecule has 3 nitrogen and oxygen atoms in total. The summed E-state index contributed by atoms with van der Waals surface area (Å²) in [6.45, 7) is 1.77. The van der Waals surface area contributed by atoms with Crippen LogP contribution in [0, 0.1) is 0 Å². The third-order valence-corrected chi connectivity index (χ3v) is 5.12. The summed E-state index contributed by atoms with van der Waals surface area (Å²) in [6.07, 6.45) is 0. The Morgan fingerprint density at radius 3 is 2.19 bits per heavy atom. The van der Waals surface area contributed by atoms with Crippen LogP contribution >= 0.6 is 11.6 Å². The van der Waals surface area contributed by atoms with Gasteiger partial charge in [0.1, 0.15) is 5.75 Å². The molecule has 3 aromatic rings. The lowest BCUT2D eigenvalue weighted by Gasteiger charge is -2.26. The number of methoxy groups -OCH3 is 1. The Morgan fingerprint density at radius 1 is 0.846 bits per heavy atom. The van der Waals surface area contributed by atoms with E-state index in [1.165, 1.54) is 16.9 Å². The lowest BCUT2D eigenvalue weighted by molar-refractivity contribution is 0.415. The summed E-state index contributed by atoms with van der Waals surface area (Å²) in [4.78, 5) is 4.83. The zero-order valence-electron chi connectivity index (χ0n) is 14.7. The predicted octanol–water partition coefficient (Wildman–Crippen LogP) is 5.37. The maximum atomic E-state index is 6.09. The molecule has 3 aromatic carbocycles. The van der Waals surface area contributed by atoms with Crippen molar-refractivity contribution in [2.45, 2.75) is 6.04 Å². The molecular weight excluding hydrogens is 344 g/mol. The molecule has 132 valence electrons. The van der Waals surface area contributed by atoms with E-state index in [0.717, 1.165) is 24.0 Å². The van der Waals surface area contributed by atoms with Gasteiger partial charge in [0, 0.05) is 22.9 Å². The molecule has 1 aliphatic rings. The van der Waals surface area contributed by atoms with Crippen molar-refractivity contribution in [2.24, 2.45) is 0 Å². The summed E-state index contributed by atoms with van der Waals surface area (Å²) in [7, 11) is 1.69. The predicted molar refractivity (Wildman–Crippen MR) is 108 cm³/mol. The van der Waals surface area contributed by atoms with E-state index in [0.29, 0.717) is 0 Å². The molecule has 1 heterocycles. The monoisotopic (exact) mass is 364 g/mol. The van der Waals surface area contributed by atoms with E-state index in [1.54, 1.807) is 7.11 Å². The molecule has 0 spiro atoms. The highest BCUT2D eigenvalue weighted by Crippen LogP contribution is 2.36. The standard InChI is InChI=1S/C22H21ClN2O/c1-26-21-13-11-20(12-14-21)25-16-24(19-5-3-2-4-6-19)15-22(25)17-7-9-18(23)10-8-17/h2-14,22H,15-16H2,1H3. The minimum absolute atomic E-state index is 0.265. The molecule has 0 aromatic heterocycles. The van der Waals surface area contributed by atoms with Gasteiger partial charge in [-0.25, -0.2) is 0 Å². The largest absolute Gasteiger partial charge is 0.497 e. The minimum atomic E-state index is 0.265. The van der Waals surface area contributed by atoms with E-state index in [-0.39, 0.29) is 6.04 Å². The molecule has 1 aliphatic heterocycles.